The fourth-order valence-electron chi connectivity index (χ4n) is 2.90. The second-order valence-corrected chi connectivity index (χ2v) is 6.00. The van der Waals surface area contributed by atoms with Gasteiger partial charge in [0.2, 0.25) is 0 Å². The van der Waals surface area contributed by atoms with E-state index in [4.69, 9.17) is 5.73 Å². The van der Waals surface area contributed by atoms with E-state index >= 15 is 0 Å². The van der Waals surface area contributed by atoms with Crippen molar-refractivity contribution in [2.24, 2.45) is 5.92 Å². The molecule has 1 aliphatic rings. The number of hydrogen-bond acceptors (Lipinski definition) is 4. The number of allylic oxidation sites excluding steroid dienone is 5. The smallest absolute Gasteiger partial charge is 0.149 e. The van der Waals surface area contributed by atoms with E-state index in [1.165, 1.54) is 0 Å². The van der Waals surface area contributed by atoms with Crippen molar-refractivity contribution in [3.8, 4) is 17.0 Å². The van der Waals surface area contributed by atoms with Crippen molar-refractivity contribution in [1.82, 2.24) is 10.2 Å². The van der Waals surface area contributed by atoms with Gasteiger partial charge in [0.05, 0.1) is 5.69 Å². The summed E-state index contributed by atoms with van der Waals surface area (Å²) in [6.07, 6.45) is 9.02. The summed E-state index contributed by atoms with van der Waals surface area (Å²) in [6.45, 7) is 6.13. The molecule has 4 heteroatoms. The lowest BCUT2D eigenvalue weighted by Gasteiger charge is -2.08. The average molecular weight is 319 g/mol. The van der Waals surface area contributed by atoms with Crippen LogP contribution < -0.4 is 5.73 Å². The van der Waals surface area contributed by atoms with Crippen LogP contribution in [0.25, 0.3) is 11.3 Å². The van der Waals surface area contributed by atoms with E-state index in [-0.39, 0.29) is 5.75 Å². The number of benzene rings is 1. The first kappa shape index (κ1) is 16.0. The molecule has 3 N–H and O–H groups in total. The highest BCUT2D eigenvalue weighted by molar-refractivity contribution is 5.68. The van der Waals surface area contributed by atoms with Crippen molar-refractivity contribution in [3.05, 3.63) is 72.4 Å². The maximum atomic E-state index is 10.0. The first-order valence-corrected chi connectivity index (χ1v) is 8.01. The Labute approximate surface area is 142 Å². The number of hydrogen-bond donors (Lipinski definition) is 2. The Hall–Kier alpha value is -2.88. The van der Waals surface area contributed by atoms with Crippen molar-refractivity contribution in [2.45, 2.75) is 19.3 Å². The van der Waals surface area contributed by atoms with Gasteiger partial charge in [-0.05, 0) is 43.4 Å². The lowest BCUT2D eigenvalue weighted by molar-refractivity contribution is 0.477. The molecule has 122 valence electrons. The highest BCUT2D eigenvalue weighted by Crippen LogP contribution is 2.53. The molecule has 2 aromatic rings. The maximum absolute atomic E-state index is 10.0. The third-order valence-corrected chi connectivity index (χ3v) is 4.31. The van der Waals surface area contributed by atoms with Crippen LogP contribution in [0.3, 0.4) is 0 Å². The number of rotatable bonds is 5. The molecule has 1 aliphatic carbocycles. The number of para-hydroxylation sites is 1. The predicted octanol–water partition coefficient (Wildman–Crippen LogP) is 4.22. The van der Waals surface area contributed by atoms with Crippen molar-refractivity contribution < 1.29 is 5.11 Å². The third kappa shape index (κ3) is 3.23. The fourth-order valence-corrected chi connectivity index (χ4v) is 2.90. The van der Waals surface area contributed by atoms with Crippen LogP contribution in [0.5, 0.6) is 5.75 Å². The predicted molar refractivity (Wildman–Crippen MR) is 97.5 cm³/mol. The molecule has 3 rings (SSSR count). The van der Waals surface area contributed by atoms with Crippen LogP contribution >= 0.6 is 0 Å². The largest absolute Gasteiger partial charge is 0.507 e. The van der Waals surface area contributed by atoms with Gasteiger partial charge in [0.15, 0.2) is 0 Å². The van der Waals surface area contributed by atoms with Gasteiger partial charge < -0.3 is 10.8 Å². The van der Waals surface area contributed by atoms with E-state index in [1.54, 1.807) is 12.1 Å². The Morgan fingerprint density at radius 2 is 2.08 bits per heavy atom. The topological polar surface area (TPSA) is 72.0 Å². The second kappa shape index (κ2) is 6.71. The van der Waals surface area contributed by atoms with Gasteiger partial charge >= 0.3 is 0 Å². The number of aromatic nitrogens is 2. The minimum absolute atomic E-state index is 0.188. The van der Waals surface area contributed by atoms with Crippen molar-refractivity contribution >= 4 is 5.82 Å². The molecule has 2 atom stereocenters. The molecule has 4 nitrogen and oxygen atoms in total. The zero-order valence-corrected chi connectivity index (χ0v) is 13.7. The van der Waals surface area contributed by atoms with E-state index in [2.05, 4.69) is 16.8 Å². The molecule has 1 unspecified atom stereocenters. The molecule has 1 saturated carbocycles. The summed E-state index contributed by atoms with van der Waals surface area (Å²) < 4.78 is 0. The lowest BCUT2D eigenvalue weighted by atomic mass is 10.0. The highest BCUT2D eigenvalue weighted by atomic mass is 16.3. The van der Waals surface area contributed by atoms with E-state index in [9.17, 15) is 5.11 Å². The molecule has 0 radical (unpaired) electrons. The van der Waals surface area contributed by atoms with E-state index in [1.807, 2.05) is 49.4 Å². The summed E-state index contributed by atoms with van der Waals surface area (Å²) >= 11 is 0. The monoisotopic (exact) mass is 319 g/mol. The molecule has 0 spiro atoms. The van der Waals surface area contributed by atoms with Crippen LogP contribution in [-0.2, 0) is 0 Å². The van der Waals surface area contributed by atoms with Gasteiger partial charge in [-0.15, -0.1) is 10.2 Å². The molecule has 1 aromatic carbocycles. The van der Waals surface area contributed by atoms with Gasteiger partial charge in [0.25, 0.3) is 0 Å². The van der Waals surface area contributed by atoms with E-state index < -0.39 is 0 Å². The van der Waals surface area contributed by atoms with Gasteiger partial charge in [0.1, 0.15) is 11.6 Å². The maximum Gasteiger partial charge on any atom is 0.149 e. The van der Waals surface area contributed by atoms with Gasteiger partial charge in [0, 0.05) is 11.1 Å². The van der Waals surface area contributed by atoms with Gasteiger partial charge in [-0.1, -0.05) is 48.6 Å². The van der Waals surface area contributed by atoms with Gasteiger partial charge in [-0.2, -0.15) is 0 Å². The normalized spacial score (nSPS) is 19.9. The van der Waals surface area contributed by atoms with Crippen LogP contribution in [0.15, 0.2) is 66.8 Å². The van der Waals surface area contributed by atoms with E-state index in [0.717, 1.165) is 17.6 Å². The molecule has 0 bridgehead atoms. The molecular formula is C20H21N3O. The quantitative estimate of drug-likeness (QED) is 0.809. The summed E-state index contributed by atoms with van der Waals surface area (Å²) in [5.74, 6) is 1.34. The molecule has 0 saturated heterocycles. The number of phenolic OH excluding ortho intramolecular Hbond substituents is 1. The molecule has 0 amide bonds. The number of aromatic hydroxyl groups is 1. The second-order valence-electron chi connectivity index (χ2n) is 6.00. The van der Waals surface area contributed by atoms with Gasteiger partial charge in [-0.3, -0.25) is 0 Å². The molecule has 0 aliphatic heterocycles. The van der Waals surface area contributed by atoms with Crippen molar-refractivity contribution in [2.75, 3.05) is 5.73 Å². The van der Waals surface area contributed by atoms with Gasteiger partial charge in [-0.25, -0.2) is 0 Å². The summed E-state index contributed by atoms with van der Waals surface area (Å²) in [4.78, 5) is 0. The zero-order chi connectivity index (χ0) is 17.1. The Bertz CT molecular complexity index is 823. The minimum Gasteiger partial charge on any atom is -0.507 e. The van der Waals surface area contributed by atoms with Crippen molar-refractivity contribution in [1.29, 1.82) is 0 Å². The number of nitrogen functional groups attached to an aromatic ring is 1. The Kier molecular flexibility index (Phi) is 4.47. The first-order chi connectivity index (χ1) is 11.6. The molecular weight excluding hydrogens is 298 g/mol. The molecule has 1 aromatic heterocycles. The third-order valence-electron chi connectivity index (χ3n) is 4.31. The number of anilines is 1. The first-order valence-electron chi connectivity index (χ1n) is 8.01. The summed E-state index contributed by atoms with van der Waals surface area (Å²) in [7, 11) is 0. The Morgan fingerprint density at radius 1 is 1.29 bits per heavy atom. The molecule has 24 heavy (non-hydrogen) atoms. The molecule has 1 fully saturated rings. The summed E-state index contributed by atoms with van der Waals surface area (Å²) in [5.41, 5.74) is 9.41. The SMILES string of the molecule is C=C(/C=C\C=C/C)[C@@H]1CC1c1cc(-c2ccccc2O)nnc1N. The number of nitrogens with zero attached hydrogens (tertiary/aromatic N) is 2. The van der Waals surface area contributed by atoms with Crippen LogP contribution in [0.2, 0.25) is 0 Å². The fraction of sp³-hybridized carbons (Fsp3) is 0.200. The standard InChI is InChI=1S/C20H21N3O/c1-3-4-5-8-13(2)15-11-16(15)17-12-18(22-23-20(17)21)14-9-6-7-10-19(14)24/h3-10,12,15-16,24H,2,11H2,1H3,(H2,21,23)/b4-3-,8-5-/t15-,16?/m0/s1. The molecule has 1 heterocycles. The van der Waals surface area contributed by atoms with Crippen LogP contribution in [0.4, 0.5) is 5.82 Å². The number of phenols is 1. The number of nitrogens with two attached hydrogens (primary N) is 1. The average Bonchev–Trinajstić information content (AvgIpc) is 3.37. The summed E-state index contributed by atoms with van der Waals surface area (Å²) in [6, 6.07) is 9.04. The van der Waals surface area contributed by atoms with Crippen molar-refractivity contribution in [3.63, 3.8) is 0 Å². The zero-order valence-electron chi connectivity index (χ0n) is 13.7. The lowest BCUT2D eigenvalue weighted by Crippen LogP contribution is -2.01. The summed E-state index contributed by atoms with van der Waals surface area (Å²) in [5, 5.41) is 18.2. The highest BCUT2D eigenvalue weighted by Gasteiger charge is 2.41. The Morgan fingerprint density at radius 3 is 2.83 bits per heavy atom. The van der Waals surface area contributed by atoms with Crippen LogP contribution in [0.1, 0.15) is 24.8 Å². The Balaban J connectivity index is 1.84. The van der Waals surface area contributed by atoms with Crippen LogP contribution in [0, 0.1) is 5.92 Å². The van der Waals surface area contributed by atoms with Crippen LogP contribution in [-0.4, -0.2) is 15.3 Å². The van der Waals surface area contributed by atoms with E-state index in [0.29, 0.717) is 28.9 Å². The minimum atomic E-state index is 0.188.